The van der Waals surface area contributed by atoms with Crippen molar-refractivity contribution in [1.82, 2.24) is 24.9 Å². The Bertz CT molecular complexity index is 1170. The number of carbonyl (C=O) groups excluding carboxylic acids is 1. The Kier molecular flexibility index (Phi) is 5.91. The van der Waals surface area contributed by atoms with E-state index in [0.717, 1.165) is 36.4 Å². The molecule has 8 heteroatoms. The zero-order valence-electron chi connectivity index (χ0n) is 18.5. The average molecular weight is 424 g/mol. The molecule has 4 rings (SSSR count). The van der Waals surface area contributed by atoms with Crippen molar-refractivity contribution in [2.45, 2.75) is 59.1 Å². The smallest absolute Gasteiger partial charge is 0.293 e. The molecule has 1 aromatic carbocycles. The summed E-state index contributed by atoms with van der Waals surface area (Å²) in [6, 6.07) is 5.97. The highest BCUT2D eigenvalue weighted by molar-refractivity contribution is 5.82. The molecule has 0 bridgehead atoms. The fraction of sp³-hybridized carbons (Fsp3) is 0.478. The minimum atomic E-state index is -0.331. The fourth-order valence-electron chi connectivity index (χ4n) is 3.90. The number of aromatic nitrogens is 4. The van der Waals surface area contributed by atoms with E-state index in [-0.39, 0.29) is 30.0 Å². The Morgan fingerprint density at radius 1 is 1.29 bits per heavy atom. The van der Waals surface area contributed by atoms with E-state index in [1.165, 1.54) is 10.2 Å². The molecule has 0 aliphatic carbocycles. The predicted molar refractivity (Wildman–Crippen MR) is 119 cm³/mol. The third-order valence-corrected chi connectivity index (χ3v) is 5.84. The van der Waals surface area contributed by atoms with Crippen LogP contribution in [0.25, 0.3) is 16.6 Å². The van der Waals surface area contributed by atoms with Crippen LogP contribution in [0.4, 0.5) is 0 Å². The Balaban J connectivity index is 1.72. The molecule has 1 fully saturated rings. The van der Waals surface area contributed by atoms with Gasteiger partial charge < -0.3 is 10.1 Å². The minimum Gasteiger partial charge on any atom is -0.376 e. The number of hydrogen-bond acceptors (Lipinski definition) is 5. The van der Waals surface area contributed by atoms with Crippen LogP contribution >= 0.6 is 0 Å². The van der Waals surface area contributed by atoms with Gasteiger partial charge in [-0.05, 0) is 55.9 Å². The highest BCUT2D eigenvalue weighted by atomic mass is 16.5. The third-order valence-electron chi connectivity index (χ3n) is 5.84. The molecule has 1 aliphatic rings. The molecule has 1 amide bonds. The van der Waals surface area contributed by atoms with Crippen molar-refractivity contribution >= 4 is 16.8 Å². The number of rotatable bonds is 6. The van der Waals surface area contributed by atoms with Crippen molar-refractivity contribution in [3.05, 3.63) is 51.6 Å². The largest absolute Gasteiger partial charge is 0.376 e. The second kappa shape index (κ2) is 8.63. The third kappa shape index (κ3) is 4.25. The quantitative estimate of drug-likeness (QED) is 0.658. The van der Waals surface area contributed by atoms with Gasteiger partial charge in [-0.15, -0.1) is 0 Å². The van der Waals surface area contributed by atoms with Gasteiger partial charge in [-0.2, -0.15) is 10.2 Å². The average Bonchev–Trinajstić information content (AvgIpc) is 3.40. The first kappa shape index (κ1) is 21.2. The molecule has 31 heavy (non-hydrogen) atoms. The maximum atomic E-state index is 13.3. The molecule has 0 radical (unpaired) electrons. The van der Waals surface area contributed by atoms with Crippen LogP contribution in [0.1, 0.15) is 49.4 Å². The van der Waals surface area contributed by atoms with Crippen molar-refractivity contribution in [2.24, 2.45) is 0 Å². The summed E-state index contributed by atoms with van der Waals surface area (Å²) in [5.41, 5.74) is 3.96. The first-order valence-electron chi connectivity index (χ1n) is 10.8. The molecule has 0 saturated carbocycles. The van der Waals surface area contributed by atoms with Gasteiger partial charge in [0, 0.05) is 18.5 Å². The molecule has 1 aliphatic heterocycles. The maximum Gasteiger partial charge on any atom is 0.293 e. The Morgan fingerprint density at radius 2 is 2.10 bits per heavy atom. The van der Waals surface area contributed by atoms with Crippen LogP contribution < -0.4 is 10.9 Å². The lowest BCUT2D eigenvalue weighted by Crippen LogP contribution is -2.38. The van der Waals surface area contributed by atoms with E-state index >= 15 is 0 Å². The molecule has 0 spiro atoms. The van der Waals surface area contributed by atoms with Gasteiger partial charge in [0.25, 0.3) is 5.56 Å². The molecule has 1 N–H and O–H groups in total. The second-order valence-electron chi connectivity index (χ2n) is 8.53. The van der Waals surface area contributed by atoms with Gasteiger partial charge in [-0.25, -0.2) is 9.36 Å². The summed E-state index contributed by atoms with van der Waals surface area (Å²) in [6.45, 7) is 9.15. The van der Waals surface area contributed by atoms with E-state index < -0.39 is 0 Å². The lowest BCUT2D eigenvalue weighted by Gasteiger charge is -2.14. The summed E-state index contributed by atoms with van der Waals surface area (Å²) >= 11 is 0. The molecule has 3 heterocycles. The van der Waals surface area contributed by atoms with Crippen LogP contribution in [0.3, 0.4) is 0 Å². The summed E-state index contributed by atoms with van der Waals surface area (Å²) in [5.74, 6) is -0.182. The molecule has 3 aromatic rings. The number of ether oxygens (including phenoxy) is 1. The number of amides is 1. The van der Waals surface area contributed by atoms with Crippen LogP contribution in [0.5, 0.6) is 0 Å². The Hall–Kier alpha value is -3.00. The topological polar surface area (TPSA) is 91.0 Å². The van der Waals surface area contributed by atoms with Gasteiger partial charge >= 0.3 is 0 Å². The number of carbonyl (C=O) groups is 1. The zero-order valence-corrected chi connectivity index (χ0v) is 18.5. The summed E-state index contributed by atoms with van der Waals surface area (Å²) in [7, 11) is 0. The van der Waals surface area contributed by atoms with Crippen LogP contribution in [0.2, 0.25) is 0 Å². The summed E-state index contributed by atoms with van der Waals surface area (Å²) in [4.78, 5) is 25.9. The fourth-order valence-corrected chi connectivity index (χ4v) is 3.90. The van der Waals surface area contributed by atoms with E-state index in [2.05, 4.69) is 15.5 Å². The van der Waals surface area contributed by atoms with Crippen molar-refractivity contribution in [3.63, 3.8) is 0 Å². The number of nitrogens with zero attached hydrogens (tertiary/aromatic N) is 4. The Morgan fingerprint density at radius 3 is 2.77 bits per heavy atom. The lowest BCUT2D eigenvalue weighted by molar-refractivity contribution is -0.122. The summed E-state index contributed by atoms with van der Waals surface area (Å²) < 4.78 is 8.45. The first-order chi connectivity index (χ1) is 14.8. The van der Waals surface area contributed by atoms with Crippen molar-refractivity contribution in [3.8, 4) is 5.69 Å². The van der Waals surface area contributed by atoms with Crippen molar-refractivity contribution in [1.29, 1.82) is 0 Å². The van der Waals surface area contributed by atoms with Gasteiger partial charge in [-0.3, -0.25) is 9.59 Å². The number of hydrogen-bond donors (Lipinski definition) is 1. The predicted octanol–water partition coefficient (Wildman–Crippen LogP) is 2.62. The maximum absolute atomic E-state index is 13.3. The van der Waals surface area contributed by atoms with E-state index in [4.69, 9.17) is 4.74 Å². The molecule has 1 saturated heterocycles. The van der Waals surface area contributed by atoms with E-state index in [9.17, 15) is 9.59 Å². The monoisotopic (exact) mass is 423 g/mol. The van der Waals surface area contributed by atoms with Crippen LogP contribution in [-0.4, -0.2) is 44.7 Å². The summed E-state index contributed by atoms with van der Waals surface area (Å²) in [5, 5.41) is 12.6. The van der Waals surface area contributed by atoms with Gasteiger partial charge in [0.05, 0.1) is 23.7 Å². The molecular formula is C23H29N5O3. The zero-order chi connectivity index (χ0) is 22.1. The number of nitrogens with one attached hydrogen (secondary N) is 1. The number of fused-ring (bicyclic) bond motifs is 1. The standard InChI is InChI=1S/C23H29N5O3/c1-14(2)21-19-12-25-28(17-8-7-15(3)16(4)10-17)22(19)23(30)27(26-21)13-20(29)24-11-18-6-5-9-31-18/h7-8,10,12,14,18H,5-6,9,11,13H2,1-4H3,(H,24,29). The number of benzene rings is 1. The van der Waals surface area contributed by atoms with E-state index in [0.29, 0.717) is 17.4 Å². The van der Waals surface area contributed by atoms with E-state index in [1.807, 2.05) is 45.9 Å². The van der Waals surface area contributed by atoms with E-state index in [1.54, 1.807) is 10.9 Å². The summed E-state index contributed by atoms with van der Waals surface area (Å²) in [6.07, 6.45) is 3.69. The number of aryl methyl sites for hydroxylation is 2. The molecule has 1 atom stereocenters. The Labute approximate surface area is 181 Å². The minimum absolute atomic E-state index is 0.0496. The first-order valence-corrected chi connectivity index (χ1v) is 10.8. The van der Waals surface area contributed by atoms with Crippen molar-refractivity contribution in [2.75, 3.05) is 13.2 Å². The van der Waals surface area contributed by atoms with Crippen LogP contribution in [-0.2, 0) is 16.1 Å². The van der Waals surface area contributed by atoms with Gasteiger partial charge in [0.2, 0.25) is 5.91 Å². The van der Waals surface area contributed by atoms with Gasteiger partial charge in [-0.1, -0.05) is 19.9 Å². The highest BCUT2D eigenvalue weighted by Gasteiger charge is 2.21. The van der Waals surface area contributed by atoms with Crippen LogP contribution in [0.15, 0.2) is 29.2 Å². The van der Waals surface area contributed by atoms with Crippen LogP contribution in [0, 0.1) is 13.8 Å². The van der Waals surface area contributed by atoms with Gasteiger partial charge in [0.1, 0.15) is 12.1 Å². The SMILES string of the molecule is Cc1ccc(-n2ncc3c(C(C)C)nn(CC(=O)NCC4CCCO4)c(=O)c32)cc1C. The molecule has 1 unspecified atom stereocenters. The molecule has 2 aromatic heterocycles. The molecule has 8 nitrogen and oxygen atoms in total. The molecule has 164 valence electrons. The lowest BCUT2D eigenvalue weighted by atomic mass is 10.1. The van der Waals surface area contributed by atoms with Gasteiger partial charge in [0.15, 0.2) is 0 Å². The highest BCUT2D eigenvalue weighted by Crippen LogP contribution is 2.23. The normalized spacial score (nSPS) is 16.4. The molecular weight excluding hydrogens is 394 g/mol. The second-order valence-corrected chi connectivity index (χ2v) is 8.53. The van der Waals surface area contributed by atoms with Crippen molar-refractivity contribution < 1.29 is 9.53 Å².